The van der Waals surface area contributed by atoms with Crippen molar-refractivity contribution in [1.82, 2.24) is 10.2 Å². The molecule has 0 radical (unpaired) electrons. The molecule has 1 amide bonds. The highest BCUT2D eigenvalue weighted by molar-refractivity contribution is 5.76. The number of halogens is 3. The lowest BCUT2D eigenvalue weighted by Gasteiger charge is -2.20. The van der Waals surface area contributed by atoms with Crippen molar-refractivity contribution in [3.63, 3.8) is 0 Å². The Morgan fingerprint density at radius 1 is 1.27 bits per heavy atom. The molecule has 0 aromatic rings. The third-order valence-electron chi connectivity index (χ3n) is 2.32. The highest BCUT2D eigenvalue weighted by Gasteiger charge is 2.29. The van der Waals surface area contributed by atoms with Gasteiger partial charge in [-0.15, -0.1) is 0 Å². The summed E-state index contributed by atoms with van der Waals surface area (Å²) in [6.45, 7) is 2.56. The molecule has 0 bridgehead atoms. The van der Waals surface area contributed by atoms with E-state index in [4.69, 9.17) is 0 Å². The van der Waals surface area contributed by atoms with Gasteiger partial charge in [-0.05, 0) is 13.0 Å². The van der Waals surface area contributed by atoms with Gasteiger partial charge in [-0.2, -0.15) is 13.2 Å². The molecular formula is C9H15F3N2O. The largest absolute Gasteiger partial charge is 0.389 e. The van der Waals surface area contributed by atoms with Crippen molar-refractivity contribution in [2.24, 2.45) is 0 Å². The zero-order chi connectivity index (χ0) is 11.3. The van der Waals surface area contributed by atoms with E-state index in [1.54, 1.807) is 0 Å². The van der Waals surface area contributed by atoms with E-state index in [2.05, 4.69) is 5.32 Å². The number of nitrogens with one attached hydrogen (secondary N) is 1. The second-order valence-corrected chi connectivity index (χ2v) is 3.60. The normalized spacial score (nSPS) is 18.7. The number of hydrogen-bond acceptors (Lipinski definition) is 2. The highest BCUT2D eigenvalue weighted by Crippen LogP contribution is 2.21. The number of amides is 1. The average Bonchev–Trinajstić information content (AvgIpc) is 2.41. The molecule has 6 heteroatoms. The van der Waals surface area contributed by atoms with Gasteiger partial charge in [0.15, 0.2) is 0 Å². The minimum atomic E-state index is -4.24. The lowest BCUT2D eigenvalue weighted by atomic mass is 10.2. The first-order valence-corrected chi connectivity index (χ1v) is 5.04. The Balaban J connectivity index is 2.32. The Labute approximate surface area is 86.6 Å². The number of carbonyl (C=O) groups excluding carboxylic acids is 1. The first-order chi connectivity index (χ1) is 6.99. The summed E-state index contributed by atoms with van der Waals surface area (Å²) in [5.41, 5.74) is 0. The van der Waals surface area contributed by atoms with Gasteiger partial charge in [0.1, 0.15) is 0 Å². The lowest BCUT2D eigenvalue weighted by Crippen LogP contribution is -2.34. The van der Waals surface area contributed by atoms with Crippen LogP contribution in [0.2, 0.25) is 0 Å². The summed E-state index contributed by atoms with van der Waals surface area (Å²) in [6.07, 6.45) is -4.88. The van der Waals surface area contributed by atoms with E-state index >= 15 is 0 Å². The first-order valence-electron chi connectivity index (χ1n) is 5.04. The third-order valence-corrected chi connectivity index (χ3v) is 2.32. The van der Waals surface area contributed by atoms with Gasteiger partial charge in [-0.25, -0.2) is 0 Å². The summed E-state index contributed by atoms with van der Waals surface area (Å²) in [5.74, 6) is -0.393. The molecular weight excluding hydrogens is 209 g/mol. The van der Waals surface area contributed by atoms with Crippen molar-refractivity contribution in [1.29, 1.82) is 0 Å². The van der Waals surface area contributed by atoms with Crippen LogP contribution in [0.1, 0.15) is 19.3 Å². The summed E-state index contributed by atoms with van der Waals surface area (Å²) < 4.78 is 35.6. The molecule has 1 fully saturated rings. The number of nitrogens with zero attached hydrogens (tertiary/aromatic N) is 1. The highest BCUT2D eigenvalue weighted by atomic mass is 19.4. The standard InChI is InChI=1S/C9H15F3N2O/c10-9(11,12)3-2-8(15)14-6-1-4-13-5-7-14/h13H,1-7H2. The van der Waals surface area contributed by atoms with Crippen molar-refractivity contribution in [2.45, 2.75) is 25.4 Å². The predicted molar refractivity (Wildman–Crippen MR) is 49.4 cm³/mol. The van der Waals surface area contributed by atoms with Gasteiger partial charge in [-0.3, -0.25) is 4.79 Å². The minimum Gasteiger partial charge on any atom is -0.341 e. The Bertz CT molecular complexity index is 210. The average molecular weight is 224 g/mol. The maximum atomic E-state index is 11.9. The van der Waals surface area contributed by atoms with Crippen molar-refractivity contribution < 1.29 is 18.0 Å². The molecule has 1 saturated heterocycles. The fourth-order valence-electron chi connectivity index (χ4n) is 1.50. The Morgan fingerprint density at radius 3 is 2.67 bits per heavy atom. The van der Waals surface area contributed by atoms with Gasteiger partial charge < -0.3 is 10.2 Å². The molecule has 3 nitrogen and oxygen atoms in total. The van der Waals surface area contributed by atoms with E-state index < -0.39 is 24.9 Å². The molecule has 1 heterocycles. The van der Waals surface area contributed by atoms with Crippen molar-refractivity contribution in [2.75, 3.05) is 26.2 Å². The molecule has 1 aliphatic heterocycles. The topological polar surface area (TPSA) is 32.3 Å². The third kappa shape index (κ3) is 5.01. The molecule has 1 aliphatic rings. The van der Waals surface area contributed by atoms with E-state index in [-0.39, 0.29) is 0 Å². The number of hydrogen-bond donors (Lipinski definition) is 1. The summed E-state index contributed by atoms with van der Waals surface area (Å²) in [7, 11) is 0. The van der Waals surface area contributed by atoms with Crippen LogP contribution in [-0.4, -0.2) is 43.2 Å². The minimum absolute atomic E-state index is 0.393. The monoisotopic (exact) mass is 224 g/mol. The van der Waals surface area contributed by atoms with Crippen LogP contribution in [-0.2, 0) is 4.79 Å². The van der Waals surface area contributed by atoms with Gasteiger partial charge in [0.2, 0.25) is 5.91 Å². The number of alkyl halides is 3. The van der Waals surface area contributed by atoms with Gasteiger partial charge >= 0.3 is 6.18 Å². The SMILES string of the molecule is O=C(CCC(F)(F)F)N1CCCNCC1. The van der Waals surface area contributed by atoms with Gasteiger partial charge in [0.05, 0.1) is 6.42 Å². The van der Waals surface area contributed by atoms with Gasteiger partial charge in [-0.1, -0.05) is 0 Å². The maximum Gasteiger partial charge on any atom is 0.389 e. The van der Waals surface area contributed by atoms with Crippen LogP contribution in [0, 0.1) is 0 Å². The van der Waals surface area contributed by atoms with Crippen LogP contribution in [0.5, 0.6) is 0 Å². The molecule has 0 unspecified atom stereocenters. The van der Waals surface area contributed by atoms with E-state index in [1.165, 1.54) is 4.90 Å². The van der Waals surface area contributed by atoms with Crippen LogP contribution >= 0.6 is 0 Å². The van der Waals surface area contributed by atoms with Gasteiger partial charge in [0.25, 0.3) is 0 Å². The lowest BCUT2D eigenvalue weighted by molar-refractivity contribution is -0.149. The van der Waals surface area contributed by atoms with E-state index in [0.717, 1.165) is 13.0 Å². The van der Waals surface area contributed by atoms with Gasteiger partial charge in [0, 0.05) is 26.1 Å². The summed E-state index contributed by atoms with van der Waals surface area (Å²) >= 11 is 0. The van der Waals surface area contributed by atoms with Crippen LogP contribution in [0.4, 0.5) is 13.2 Å². The van der Waals surface area contributed by atoms with Crippen LogP contribution in [0.3, 0.4) is 0 Å². The van der Waals surface area contributed by atoms with E-state index in [0.29, 0.717) is 19.6 Å². The molecule has 88 valence electrons. The van der Waals surface area contributed by atoms with Crippen molar-refractivity contribution in [3.05, 3.63) is 0 Å². The predicted octanol–water partition coefficient (Wildman–Crippen LogP) is 1.15. The Morgan fingerprint density at radius 2 is 2.00 bits per heavy atom. The van der Waals surface area contributed by atoms with E-state index in [9.17, 15) is 18.0 Å². The summed E-state index contributed by atoms with van der Waals surface area (Å²) in [6, 6.07) is 0. The second-order valence-electron chi connectivity index (χ2n) is 3.60. The van der Waals surface area contributed by atoms with Crippen LogP contribution in [0.15, 0.2) is 0 Å². The molecule has 0 saturated carbocycles. The maximum absolute atomic E-state index is 11.9. The molecule has 0 aromatic carbocycles. The van der Waals surface area contributed by atoms with E-state index in [1.807, 2.05) is 0 Å². The van der Waals surface area contributed by atoms with Crippen LogP contribution in [0.25, 0.3) is 0 Å². The summed E-state index contributed by atoms with van der Waals surface area (Å²) in [4.78, 5) is 12.9. The Kier molecular flexibility index (Phi) is 4.38. The zero-order valence-electron chi connectivity index (χ0n) is 8.44. The molecule has 0 atom stereocenters. The fourth-order valence-corrected chi connectivity index (χ4v) is 1.50. The molecule has 15 heavy (non-hydrogen) atoms. The quantitative estimate of drug-likeness (QED) is 0.763. The van der Waals surface area contributed by atoms with Crippen LogP contribution < -0.4 is 5.32 Å². The molecule has 0 aliphatic carbocycles. The number of rotatable bonds is 2. The zero-order valence-corrected chi connectivity index (χ0v) is 8.44. The smallest absolute Gasteiger partial charge is 0.341 e. The molecule has 0 aromatic heterocycles. The second kappa shape index (κ2) is 5.34. The number of carbonyl (C=O) groups is 1. The van der Waals surface area contributed by atoms with Crippen molar-refractivity contribution >= 4 is 5.91 Å². The molecule has 1 rings (SSSR count). The Hall–Kier alpha value is -0.780. The first kappa shape index (κ1) is 12.3. The molecule has 1 N–H and O–H groups in total. The summed E-state index contributed by atoms with van der Waals surface area (Å²) in [5, 5.41) is 3.09. The van der Waals surface area contributed by atoms with Crippen molar-refractivity contribution in [3.8, 4) is 0 Å². The molecule has 0 spiro atoms. The fraction of sp³-hybridized carbons (Fsp3) is 0.889.